The molecule has 1 heterocycles. The van der Waals surface area contributed by atoms with Crippen molar-refractivity contribution in [1.82, 2.24) is 13.9 Å². The second-order valence-electron chi connectivity index (χ2n) is 6.96. The summed E-state index contributed by atoms with van der Waals surface area (Å²) in [5.74, 6) is 0. The van der Waals surface area contributed by atoms with Gasteiger partial charge in [-0.1, -0.05) is 27.2 Å². The van der Waals surface area contributed by atoms with Gasteiger partial charge in [0.1, 0.15) is 0 Å². The summed E-state index contributed by atoms with van der Waals surface area (Å²) < 4.78 is 29.2. The second-order valence-corrected chi connectivity index (χ2v) is 8.88. The van der Waals surface area contributed by atoms with Crippen LogP contribution in [0.15, 0.2) is 0 Å². The Morgan fingerprint density at radius 2 is 1.95 bits per heavy atom. The molecule has 1 aliphatic heterocycles. The van der Waals surface area contributed by atoms with Crippen molar-refractivity contribution in [3.05, 3.63) is 0 Å². The van der Waals surface area contributed by atoms with Crippen molar-refractivity contribution in [2.45, 2.75) is 77.9 Å². The third-order valence-corrected chi connectivity index (χ3v) is 6.95. The lowest BCUT2D eigenvalue weighted by Gasteiger charge is -2.42. The molecule has 1 N–H and O–H groups in total. The molecule has 1 unspecified atom stereocenters. The van der Waals surface area contributed by atoms with Gasteiger partial charge < -0.3 is 5.32 Å². The molecule has 6 heteroatoms. The summed E-state index contributed by atoms with van der Waals surface area (Å²) in [6, 6.07) is 0.447. The molecule has 21 heavy (non-hydrogen) atoms. The highest BCUT2D eigenvalue weighted by Crippen LogP contribution is 2.27. The summed E-state index contributed by atoms with van der Waals surface area (Å²) in [6.07, 6.45) is 3.81. The van der Waals surface area contributed by atoms with Gasteiger partial charge in [-0.15, -0.1) is 0 Å². The molecule has 0 amide bonds. The molecule has 126 valence electrons. The van der Waals surface area contributed by atoms with Crippen LogP contribution >= 0.6 is 0 Å². The van der Waals surface area contributed by atoms with Gasteiger partial charge >= 0.3 is 0 Å². The lowest BCUT2D eigenvalue weighted by Crippen LogP contribution is -2.57. The first-order valence-electron chi connectivity index (χ1n) is 8.12. The number of nitrogens with zero attached hydrogens (tertiary/aromatic N) is 2. The van der Waals surface area contributed by atoms with Crippen molar-refractivity contribution >= 4 is 10.2 Å². The van der Waals surface area contributed by atoms with Gasteiger partial charge in [0.05, 0.1) is 0 Å². The van der Waals surface area contributed by atoms with Gasteiger partial charge in [-0.25, -0.2) is 0 Å². The van der Waals surface area contributed by atoms with E-state index in [1.165, 1.54) is 0 Å². The topological polar surface area (TPSA) is 52.7 Å². The fraction of sp³-hybridized carbons (Fsp3) is 1.00. The Morgan fingerprint density at radius 1 is 1.33 bits per heavy atom. The van der Waals surface area contributed by atoms with Gasteiger partial charge in [0.15, 0.2) is 0 Å². The molecule has 1 rings (SSSR count). The normalized spacial score (nSPS) is 22.2. The zero-order valence-electron chi connectivity index (χ0n) is 14.5. The Morgan fingerprint density at radius 3 is 2.48 bits per heavy atom. The van der Waals surface area contributed by atoms with Crippen molar-refractivity contribution < 1.29 is 8.42 Å². The van der Waals surface area contributed by atoms with Crippen molar-refractivity contribution in [2.75, 3.05) is 20.1 Å². The smallest absolute Gasteiger partial charge is 0.282 e. The number of hydrogen-bond donors (Lipinski definition) is 1. The zero-order chi connectivity index (χ0) is 16.3. The molecule has 1 saturated heterocycles. The third-order valence-electron chi connectivity index (χ3n) is 4.69. The van der Waals surface area contributed by atoms with Gasteiger partial charge in [0.2, 0.25) is 0 Å². The molecule has 0 aromatic carbocycles. The molecule has 0 radical (unpaired) electrons. The standard InChI is InChI=1S/C15H33N3O2S/c1-7-15(4,5)17(6)21(19,20)18-11-9-8-10-14(18)12-16-13(2)3/h13-14,16H,7-12H2,1-6H3. The maximum Gasteiger partial charge on any atom is 0.282 e. The van der Waals surface area contributed by atoms with Crippen LogP contribution in [0, 0.1) is 0 Å². The molecule has 5 nitrogen and oxygen atoms in total. The SMILES string of the molecule is CCC(C)(C)N(C)S(=O)(=O)N1CCCCC1CNC(C)C. The van der Waals surface area contributed by atoms with Crippen molar-refractivity contribution in [1.29, 1.82) is 0 Å². The lowest BCUT2D eigenvalue weighted by molar-refractivity contribution is 0.193. The van der Waals surface area contributed by atoms with Crippen LogP contribution in [0.3, 0.4) is 0 Å². The maximum absolute atomic E-state index is 13.0. The summed E-state index contributed by atoms with van der Waals surface area (Å²) in [6.45, 7) is 11.5. The molecule has 0 aliphatic carbocycles. The molecular weight excluding hydrogens is 286 g/mol. The number of rotatable bonds is 7. The van der Waals surface area contributed by atoms with E-state index >= 15 is 0 Å². The summed E-state index contributed by atoms with van der Waals surface area (Å²) in [4.78, 5) is 0. The minimum atomic E-state index is -3.40. The first-order chi connectivity index (χ1) is 9.63. The minimum absolute atomic E-state index is 0.0706. The van der Waals surface area contributed by atoms with Crippen LogP contribution in [0.25, 0.3) is 0 Å². The molecule has 0 bridgehead atoms. The van der Waals surface area contributed by atoms with Crippen molar-refractivity contribution in [3.8, 4) is 0 Å². The highest BCUT2D eigenvalue weighted by molar-refractivity contribution is 7.86. The summed E-state index contributed by atoms with van der Waals surface area (Å²) in [7, 11) is -1.69. The Bertz CT molecular complexity index is 421. The fourth-order valence-electron chi connectivity index (χ4n) is 2.55. The van der Waals surface area contributed by atoms with Crippen LogP contribution in [0.4, 0.5) is 0 Å². The zero-order valence-corrected chi connectivity index (χ0v) is 15.3. The molecule has 0 saturated carbocycles. The van der Waals surface area contributed by atoms with E-state index in [0.29, 0.717) is 12.6 Å². The van der Waals surface area contributed by atoms with E-state index in [4.69, 9.17) is 0 Å². The van der Waals surface area contributed by atoms with Crippen LogP contribution in [-0.4, -0.2) is 54.8 Å². The molecule has 1 aliphatic rings. The van der Waals surface area contributed by atoms with Crippen molar-refractivity contribution in [2.24, 2.45) is 0 Å². The van der Waals surface area contributed by atoms with Gasteiger partial charge in [0.25, 0.3) is 10.2 Å². The molecule has 0 aromatic rings. The monoisotopic (exact) mass is 319 g/mol. The molecule has 1 atom stereocenters. The summed E-state index contributed by atoms with van der Waals surface area (Å²) >= 11 is 0. The molecule has 0 aromatic heterocycles. The van der Waals surface area contributed by atoms with Crippen LogP contribution in [0.2, 0.25) is 0 Å². The lowest BCUT2D eigenvalue weighted by atomic mass is 10.0. The average molecular weight is 320 g/mol. The predicted molar refractivity (Wildman–Crippen MR) is 88.5 cm³/mol. The summed E-state index contributed by atoms with van der Waals surface area (Å²) in [5, 5.41) is 3.38. The van der Waals surface area contributed by atoms with Gasteiger partial charge in [-0.05, 0) is 33.1 Å². The molecule has 0 spiro atoms. The van der Waals surface area contributed by atoms with E-state index < -0.39 is 10.2 Å². The van der Waals surface area contributed by atoms with E-state index in [1.54, 1.807) is 15.7 Å². The highest BCUT2D eigenvalue weighted by Gasteiger charge is 2.39. The van der Waals surface area contributed by atoms with E-state index in [1.807, 2.05) is 20.8 Å². The second kappa shape index (κ2) is 7.40. The first kappa shape index (κ1) is 18.9. The van der Waals surface area contributed by atoms with Crippen LogP contribution in [0.5, 0.6) is 0 Å². The van der Waals surface area contributed by atoms with Crippen LogP contribution in [-0.2, 0) is 10.2 Å². The third kappa shape index (κ3) is 4.65. The van der Waals surface area contributed by atoms with Crippen molar-refractivity contribution in [3.63, 3.8) is 0 Å². The molecular formula is C15H33N3O2S. The average Bonchev–Trinajstić information content (AvgIpc) is 2.44. The first-order valence-corrected chi connectivity index (χ1v) is 9.51. The Labute approximate surface area is 131 Å². The van der Waals surface area contributed by atoms with Gasteiger partial charge in [-0.3, -0.25) is 0 Å². The molecule has 1 fully saturated rings. The Hall–Kier alpha value is -0.170. The predicted octanol–water partition coefficient (Wildman–Crippen LogP) is 2.20. The van der Waals surface area contributed by atoms with E-state index in [2.05, 4.69) is 19.2 Å². The number of hydrogen-bond acceptors (Lipinski definition) is 3. The Kier molecular flexibility index (Phi) is 6.65. The Balaban J connectivity index is 2.91. The van der Waals surface area contributed by atoms with E-state index in [-0.39, 0.29) is 11.6 Å². The van der Waals surface area contributed by atoms with Gasteiger partial charge in [-0.2, -0.15) is 17.0 Å². The number of piperidine rings is 1. The quantitative estimate of drug-likeness (QED) is 0.783. The fourth-order valence-corrected chi connectivity index (χ4v) is 4.53. The minimum Gasteiger partial charge on any atom is -0.313 e. The largest absolute Gasteiger partial charge is 0.313 e. The maximum atomic E-state index is 13.0. The van der Waals surface area contributed by atoms with Crippen LogP contribution < -0.4 is 5.32 Å². The van der Waals surface area contributed by atoms with E-state index in [9.17, 15) is 8.42 Å². The van der Waals surface area contributed by atoms with Crippen LogP contribution in [0.1, 0.15) is 60.3 Å². The van der Waals surface area contributed by atoms with Gasteiger partial charge in [0, 0.05) is 37.8 Å². The number of nitrogens with one attached hydrogen (secondary N) is 1. The summed E-state index contributed by atoms with van der Waals surface area (Å²) in [5.41, 5.74) is -0.355. The van der Waals surface area contributed by atoms with E-state index in [0.717, 1.165) is 32.2 Å². The highest BCUT2D eigenvalue weighted by atomic mass is 32.2.